The third-order valence-corrected chi connectivity index (χ3v) is 5.06. The van der Waals surface area contributed by atoms with Crippen molar-refractivity contribution >= 4 is 11.8 Å². The Morgan fingerprint density at radius 3 is 2.28 bits per heavy atom. The van der Waals surface area contributed by atoms with Crippen LogP contribution in [0.3, 0.4) is 0 Å². The number of nitrogens with zero attached hydrogens (tertiary/aromatic N) is 4. The number of ether oxygens (including phenoxy) is 1. The van der Waals surface area contributed by atoms with Crippen LogP contribution in [0.4, 0.5) is 0 Å². The molecule has 0 bridgehead atoms. The van der Waals surface area contributed by atoms with Crippen molar-refractivity contribution in [3.8, 4) is 11.4 Å². The number of amides is 2. The molecule has 0 aliphatic carbocycles. The maximum absolute atomic E-state index is 13.0. The maximum atomic E-state index is 13.0. The van der Waals surface area contributed by atoms with E-state index in [1.807, 2.05) is 36.4 Å². The number of methoxy groups -OCH3 is 1. The molecule has 0 unspecified atom stereocenters. The highest BCUT2D eigenvalue weighted by Gasteiger charge is 2.27. The Morgan fingerprint density at radius 2 is 1.59 bits per heavy atom. The Kier molecular flexibility index (Phi) is 5.29. The molecule has 0 radical (unpaired) electrons. The zero-order chi connectivity index (χ0) is 20.2. The molecular weight excluding hydrogens is 368 g/mol. The first kappa shape index (κ1) is 18.7. The summed E-state index contributed by atoms with van der Waals surface area (Å²) in [5, 5.41) is 0. The van der Waals surface area contributed by atoms with Crippen molar-refractivity contribution in [1.29, 1.82) is 0 Å². The van der Waals surface area contributed by atoms with E-state index in [9.17, 15) is 9.59 Å². The molecule has 29 heavy (non-hydrogen) atoms. The lowest BCUT2D eigenvalue weighted by molar-refractivity contribution is 0.0531. The van der Waals surface area contributed by atoms with Gasteiger partial charge in [0.05, 0.1) is 19.6 Å². The topological polar surface area (TPSA) is 67.7 Å². The van der Waals surface area contributed by atoms with Crippen molar-refractivity contribution in [2.24, 2.45) is 0 Å². The van der Waals surface area contributed by atoms with Gasteiger partial charge >= 0.3 is 0 Å². The molecule has 4 rings (SSSR count). The van der Waals surface area contributed by atoms with Gasteiger partial charge in [-0.25, -0.2) is 4.98 Å². The van der Waals surface area contributed by atoms with Crippen molar-refractivity contribution in [2.75, 3.05) is 33.3 Å². The predicted octanol–water partition coefficient (Wildman–Crippen LogP) is 2.48. The summed E-state index contributed by atoms with van der Waals surface area (Å²) in [5.74, 6) is 0.518. The number of aromatic nitrogens is 2. The zero-order valence-corrected chi connectivity index (χ0v) is 16.2. The minimum atomic E-state index is -0.0835. The van der Waals surface area contributed by atoms with Crippen LogP contribution in [0.1, 0.15) is 20.8 Å². The molecule has 2 aromatic carbocycles. The summed E-state index contributed by atoms with van der Waals surface area (Å²) in [4.78, 5) is 33.5. The van der Waals surface area contributed by atoms with E-state index in [1.54, 1.807) is 52.2 Å². The number of rotatable bonds is 4. The van der Waals surface area contributed by atoms with E-state index in [1.165, 1.54) is 0 Å². The summed E-state index contributed by atoms with van der Waals surface area (Å²) < 4.78 is 6.99. The van der Waals surface area contributed by atoms with Crippen molar-refractivity contribution in [3.05, 3.63) is 78.4 Å². The molecule has 2 amide bonds. The van der Waals surface area contributed by atoms with Crippen LogP contribution in [0, 0.1) is 0 Å². The molecule has 0 saturated carbocycles. The highest BCUT2D eigenvalue weighted by Crippen LogP contribution is 2.17. The first-order chi connectivity index (χ1) is 14.2. The van der Waals surface area contributed by atoms with Crippen LogP contribution in [0.5, 0.6) is 5.75 Å². The Hall–Kier alpha value is -3.61. The molecule has 1 aromatic heterocycles. The fourth-order valence-corrected chi connectivity index (χ4v) is 3.46. The average Bonchev–Trinajstić information content (AvgIpc) is 3.29. The lowest BCUT2D eigenvalue weighted by Crippen LogP contribution is -2.50. The van der Waals surface area contributed by atoms with E-state index in [0.29, 0.717) is 43.2 Å². The second kappa shape index (κ2) is 8.18. The van der Waals surface area contributed by atoms with Gasteiger partial charge in [0.15, 0.2) is 0 Å². The van der Waals surface area contributed by atoms with Crippen molar-refractivity contribution in [2.45, 2.75) is 0 Å². The van der Waals surface area contributed by atoms with Crippen LogP contribution in [0.2, 0.25) is 0 Å². The number of carbonyl (C=O) groups excluding carboxylic acids is 2. The maximum Gasteiger partial charge on any atom is 0.272 e. The third-order valence-electron chi connectivity index (χ3n) is 5.06. The summed E-state index contributed by atoms with van der Waals surface area (Å²) >= 11 is 0. The van der Waals surface area contributed by atoms with E-state index < -0.39 is 0 Å². The lowest BCUT2D eigenvalue weighted by atomic mass is 10.1. The fraction of sp³-hybridized carbons (Fsp3) is 0.227. The molecule has 2 heterocycles. The van der Waals surface area contributed by atoms with Crippen LogP contribution in [-0.2, 0) is 0 Å². The van der Waals surface area contributed by atoms with Gasteiger partial charge < -0.3 is 14.5 Å². The van der Waals surface area contributed by atoms with E-state index in [-0.39, 0.29) is 11.8 Å². The van der Waals surface area contributed by atoms with Gasteiger partial charge in [-0.05, 0) is 30.3 Å². The molecule has 3 aromatic rings. The van der Waals surface area contributed by atoms with Gasteiger partial charge in [-0.1, -0.05) is 24.3 Å². The number of para-hydroxylation sites is 1. The molecule has 0 spiro atoms. The van der Waals surface area contributed by atoms with E-state index in [0.717, 1.165) is 5.69 Å². The van der Waals surface area contributed by atoms with Gasteiger partial charge in [-0.3, -0.25) is 14.2 Å². The van der Waals surface area contributed by atoms with E-state index in [2.05, 4.69) is 4.98 Å². The van der Waals surface area contributed by atoms with Crippen LogP contribution in [0.15, 0.2) is 67.1 Å². The number of hydrogen-bond donors (Lipinski definition) is 0. The smallest absolute Gasteiger partial charge is 0.272 e. The number of carbonyl (C=O) groups is 2. The summed E-state index contributed by atoms with van der Waals surface area (Å²) in [7, 11) is 1.58. The van der Waals surface area contributed by atoms with Crippen LogP contribution in [-0.4, -0.2) is 64.5 Å². The summed E-state index contributed by atoms with van der Waals surface area (Å²) in [6.07, 6.45) is 3.23. The summed E-state index contributed by atoms with van der Waals surface area (Å²) in [6, 6.07) is 16.8. The van der Waals surface area contributed by atoms with Gasteiger partial charge in [0, 0.05) is 37.4 Å². The zero-order valence-electron chi connectivity index (χ0n) is 16.2. The van der Waals surface area contributed by atoms with E-state index in [4.69, 9.17) is 4.74 Å². The third kappa shape index (κ3) is 3.85. The lowest BCUT2D eigenvalue weighted by Gasteiger charge is -2.34. The van der Waals surface area contributed by atoms with Gasteiger partial charge in [0.2, 0.25) is 0 Å². The number of piperazine rings is 1. The second-order valence-corrected chi connectivity index (χ2v) is 6.80. The molecule has 0 N–H and O–H groups in total. The van der Waals surface area contributed by atoms with Crippen LogP contribution >= 0.6 is 0 Å². The first-order valence-electron chi connectivity index (χ1n) is 9.48. The van der Waals surface area contributed by atoms with E-state index >= 15 is 0 Å². The molecule has 7 nitrogen and oxygen atoms in total. The molecule has 1 aliphatic rings. The first-order valence-corrected chi connectivity index (χ1v) is 9.48. The minimum Gasteiger partial charge on any atom is -0.497 e. The highest BCUT2D eigenvalue weighted by molar-refractivity contribution is 5.95. The highest BCUT2D eigenvalue weighted by atomic mass is 16.5. The molecule has 148 valence electrons. The Labute approximate surface area is 169 Å². The number of hydrogen-bond acceptors (Lipinski definition) is 4. The number of benzene rings is 2. The normalized spacial score (nSPS) is 14.0. The summed E-state index contributed by atoms with van der Waals surface area (Å²) in [5.41, 5.74) is 2.00. The van der Waals surface area contributed by atoms with Gasteiger partial charge in [-0.15, -0.1) is 0 Å². The molecule has 0 atom stereocenters. The predicted molar refractivity (Wildman–Crippen MR) is 108 cm³/mol. The molecular formula is C22H22N4O3. The van der Waals surface area contributed by atoms with Crippen LogP contribution in [0.25, 0.3) is 5.69 Å². The van der Waals surface area contributed by atoms with Gasteiger partial charge in [0.25, 0.3) is 11.8 Å². The standard InChI is InChI=1S/C22H22N4O3/c1-29-19-9-5-6-17(14-19)21(27)24-10-12-25(13-11-24)22(28)20-15-23-16-26(20)18-7-3-2-4-8-18/h2-9,14-16H,10-13H2,1H3. The summed E-state index contributed by atoms with van der Waals surface area (Å²) in [6.45, 7) is 1.94. The van der Waals surface area contributed by atoms with Crippen molar-refractivity contribution < 1.29 is 14.3 Å². The van der Waals surface area contributed by atoms with Crippen molar-refractivity contribution in [3.63, 3.8) is 0 Å². The molecule has 1 saturated heterocycles. The molecule has 7 heteroatoms. The second-order valence-electron chi connectivity index (χ2n) is 6.80. The quantitative estimate of drug-likeness (QED) is 0.686. The van der Waals surface area contributed by atoms with Gasteiger partial charge in [-0.2, -0.15) is 0 Å². The Balaban J connectivity index is 1.43. The Bertz CT molecular complexity index is 1010. The minimum absolute atomic E-state index is 0.0506. The molecule has 1 fully saturated rings. The van der Waals surface area contributed by atoms with Gasteiger partial charge in [0.1, 0.15) is 11.4 Å². The Morgan fingerprint density at radius 1 is 0.897 bits per heavy atom. The SMILES string of the molecule is COc1cccc(C(=O)N2CCN(C(=O)c3cncn3-c3ccccc3)CC2)c1. The average molecular weight is 390 g/mol. The fourth-order valence-electron chi connectivity index (χ4n) is 3.46. The van der Waals surface area contributed by atoms with Crippen molar-refractivity contribution in [1.82, 2.24) is 19.4 Å². The number of imidazole rings is 1. The monoisotopic (exact) mass is 390 g/mol. The van der Waals surface area contributed by atoms with Crippen LogP contribution < -0.4 is 4.74 Å². The molecule has 1 aliphatic heterocycles. The largest absolute Gasteiger partial charge is 0.497 e.